The molecule has 0 bridgehead atoms. The third-order valence-electron chi connectivity index (χ3n) is 3.30. The van der Waals surface area contributed by atoms with E-state index < -0.39 is 0 Å². The van der Waals surface area contributed by atoms with E-state index in [-0.39, 0.29) is 12.4 Å². The molecule has 2 aromatic heterocycles. The van der Waals surface area contributed by atoms with Gasteiger partial charge in [0, 0.05) is 28.9 Å². The van der Waals surface area contributed by atoms with Crippen molar-refractivity contribution in [3.05, 3.63) is 22.8 Å². The molecule has 2 rings (SSSR count). The van der Waals surface area contributed by atoms with Crippen molar-refractivity contribution in [1.82, 2.24) is 9.55 Å². The van der Waals surface area contributed by atoms with Crippen LogP contribution in [0.5, 0.6) is 0 Å². The highest BCUT2D eigenvalue weighted by Crippen LogP contribution is 2.29. The molecule has 3 nitrogen and oxygen atoms in total. The Morgan fingerprint density at radius 1 is 1.37 bits per heavy atom. The van der Waals surface area contributed by atoms with Crippen molar-refractivity contribution in [2.75, 3.05) is 5.73 Å². The minimum atomic E-state index is 0. The molecule has 0 radical (unpaired) electrons. The average molecular weight is 299 g/mol. The predicted octanol–water partition coefficient (Wildman–Crippen LogP) is 0.861. The van der Waals surface area contributed by atoms with Crippen molar-refractivity contribution in [1.29, 1.82) is 0 Å². The Morgan fingerprint density at radius 2 is 2.05 bits per heavy atom. The number of thiazole rings is 1. The van der Waals surface area contributed by atoms with Crippen LogP contribution < -0.4 is 18.1 Å². The second kappa shape index (κ2) is 6.44. The van der Waals surface area contributed by atoms with Crippen LogP contribution in [0, 0.1) is 19.8 Å². The van der Waals surface area contributed by atoms with Gasteiger partial charge >= 0.3 is 0 Å². The third-order valence-corrected chi connectivity index (χ3v) is 3.98. The quantitative estimate of drug-likeness (QED) is 0.910. The second-order valence-electron chi connectivity index (χ2n) is 5.19. The first-order chi connectivity index (χ1) is 8.49. The molecule has 0 unspecified atom stereocenters. The van der Waals surface area contributed by atoms with Gasteiger partial charge in [0.1, 0.15) is 0 Å². The van der Waals surface area contributed by atoms with Gasteiger partial charge in [0.2, 0.25) is 0 Å². The van der Waals surface area contributed by atoms with Crippen LogP contribution in [0.4, 0.5) is 5.13 Å². The maximum atomic E-state index is 5.71. The molecule has 0 spiro atoms. The Bertz CT molecular complexity index is 543. The Balaban J connectivity index is 0.00000180. The number of hydrogen-bond donors (Lipinski definition) is 1. The van der Waals surface area contributed by atoms with Gasteiger partial charge in [0.15, 0.2) is 5.13 Å². The number of aromatic nitrogens is 2. The van der Waals surface area contributed by atoms with Crippen LogP contribution in [0.1, 0.15) is 31.7 Å². The Labute approximate surface area is 125 Å². The maximum Gasteiger partial charge on any atom is 0.180 e. The second-order valence-corrected chi connectivity index (χ2v) is 6.08. The predicted molar refractivity (Wildman–Crippen MR) is 78.9 cm³/mol. The van der Waals surface area contributed by atoms with Crippen molar-refractivity contribution in [2.24, 2.45) is 5.92 Å². The fourth-order valence-electron chi connectivity index (χ4n) is 2.20. The molecule has 2 N–H and O–H groups in total. The summed E-state index contributed by atoms with van der Waals surface area (Å²) < 4.78 is 2.38. The smallest absolute Gasteiger partial charge is 0.180 e. The lowest BCUT2D eigenvalue weighted by Gasteiger charge is -2.11. The molecule has 106 valence electrons. The third kappa shape index (κ3) is 3.51. The van der Waals surface area contributed by atoms with E-state index in [2.05, 4.69) is 43.3 Å². The molecule has 0 saturated carbocycles. The van der Waals surface area contributed by atoms with Crippen LogP contribution in [0.3, 0.4) is 0 Å². The highest BCUT2D eigenvalue weighted by atomic mass is 35.5. The van der Waals surface area contributed by atoms with E-state index in [1.807, 2.05) is 5.38 Å². The number of hydrogen-bond acceptors (Lipinski definition) is 3. The summed E-state index contributed by atoms with van der Waals surface area (Å²) in [6, 6.07) is 2.21. The molecule has 0 amide bonds. The molecule has 0 aromatic carbocycles. The van der Waals surface area contributed by atoms with Gasteiger partial charge in [-0.05, 0) is 32.3 Å². The average Bonchev–Trinajstić information content (AvgIpc) is 2.82. The number of nitrogens with zero attached hydrogens (tertiary/aromatic N) is 2. The van der Waals surface area contributed by atoms with E-state index >= 15 is 0 Å². The summed E-state index contributed by atoms with van der Waals surface area (Å²) in [4.78, 5) is 4.37. The normalized spacial score (nSPS) is 10.8. The van der Waals surface area contributed by atoms with Crippen molar-refractivity contribution < 1.29 is 12.4 Å². The zero-order chi connectivity index (χ0) is 13.3. The molecule has 0 aliphatic carbocycles. The molecular weight excluding hydrogens is 278 g/mol. The van der Waals surface area contributed by atoms with Gasteiger partial charge in [-0.15, -0.1) is 11.3 Å². The highest BCUT2D eigenvalue weighted by molar-refractivity contribution is 7.13. The first-order valence-electron chi connectivity index (χ1n) is 6.37. The topological polar surface area (TPSA) is 43.8 Å². The first kappa shape index (κ1) is 16.1. The van der Waals surface area contributed by atoms with E-state index in [0.717, 1.165) is 18.2 Å². The molecule has 19 heavy (non-hydrogen) atoms. The van der Waals surface area contributed by atoms with Crippen LogP contribution in [0.15, 0.2) is 11.4 Å². The summed E-state index contributed by atoms with van der Waals surface area (Å²) >= 11 is 1.50. The molecular formula is C14H21ClN3S-. The monoisotopic (exact) mass is 298 g/mol. The zero-order valence-electron chi connectivity index (χ0n) is 11.9. The summed E-state index contributed by atoms with van der Waals surface area (Å²) in [6.07, 6.45) is 1.20. The summed E-state index contributed by atoms with van der Waals surface area (Å²) in [5, 5.41) is 2.67. The summed E-state index contributed by atoms with van der Waals surface area (Å²) in [6.45, 7) is 9.92. The van der Waals surface area contributed by atoms with Gasteiger partial charge in [-0.25, -0.2) is 4.98 Å². The van der Waals surface area contributed by atoms with Crippen LogP contribution in [0.2, 0.25) is 0 Å². The van der Waals surface area contributed by atoms with Crippen LogP contribution in [-0.2, 0) is 6.54 Å². The number of halogens is 1. The maximum absolute atomic E-state index is 5.71. The van der Waals surface area contributed by atoms with E-state index in [1.165, 1.54) is 34.7 Å². The van der Waals surface area contributed by atoms with Crippen molar-refractivity contribution in [3.63, 3.8) is 0 Å². The molecule has 5 heteroatoms. The van der Waals surface area contributed by atoms with Gasteiger partial charge < -0.3 is 22.7 Å². The number of nitrogens with two attached hydrogens (primary N) is 1. The van der Waals surface area contributed by atoms with Gasteiger partial charge in [-0.3, -0.25) is 0 Å². The number of rotatable bonds is 4. The lowest BCUT2D eigenvalue weighted by molar-refractivity contribution is -0.00000416. The van der Waals surface area contributed by atoms with Crippen LogP contribution in [0.25, 0.3) is 11.3 Å². The Kier molecular flexibility index (Phi) is 5.44. The van der Waals surface area contributed by atoms with Gasteiger partial charge in [-0.2, -0.15) is 0 Å². The number of nitrogen functional groups attached to an aromatic ring is 1. The molecule has 0 atom stereocenters. The lowest BCUT2D eigenvalue weighted by Crippen LogP contribution is -3.00. The number of aryl methyl sites for hydroxylation is 1. The molecule has 0 aliphatic heterocycles. The first-order valence-corrected chi connectivity index (χ1v) is 7.25. The number of anilines is 1. The van der Waals surface area contributed by atoms with E-state index in [4.69, 9.17) is 5.73 Å². The standard InChI is InChI=1S/C14H21N3S.ClH/c1-9(2)5-6-17-10(3)7-12(11(17)4)13-8-18-14(15)16-13;/h7-9H,5-6H2,1-4H3,(H2,15,16);1H/p-1. The molecule has 2 aromatic rings. The molecule has 0 saturated heterocycles. The summed E-state index contributed by atoms with van der Waals surface area (Å²) in [7, 11) is 0. The Morgan fingerprint density at radius 3 is 2.58 bits per heavy atom. The highest BCUT2D eigenvalue weighted by Gasteiger charge is 2.13. The Hall–Kier alpha value is -1.000. The van der Waals surface area contributed by atoms with Crippen LogP contribution >= 0.6 is 11.3 Å². The molecule has 0 fully saturated rings. The summed E-state index contributed by atoms with van der Waals surface area (Å²) in [5.74, 6) is 0.726. The fourth-order valence-corrected chi connectivity index (χ4v) is 2.77. The van der Waals surface area contributed by atoms with Crippen LogP contribution in [-0.4, -0.2) is 9.55 Å². The van der Waals surface area contributed by atoms with E-state index in [9.17, 15) is 0 Å². The lowest BCUT2D eigenvalue weighted by atomic mass is 10.1. The van der Waals surface area contributed by atoms with Gasteiger partial charge in [0.25, 0.3) is 0 Å². The van der Waals surface area contributed by atoms with Crippen molar-refractivity contribution in [3.8, 4) is 11.3 Å². The van der Waals surface area contributed by atoms with Crippen molar-refractivity contribution in [2.45, 2.75) is 40.7 Å². The molecule has 2 heterocycles. The zero-order valence-corrected chi connectivity index (χ0v) is 13.5. The fraction of sp³-hybridized carbons (Fsp3) is 0.500. The summed E-state index contributed by atoms with van der Waals surface area (Å²) in [5.41, 5.74) is 10.5. The minimum Gasteiger partial charge on any atom is -1.00 e. The minimum absolute atomic E-state index is 0. The van der Waals surface area contributed by atoms with Gasteiger partial charge in [-0.1, -0.05) is 13.8 Å². The van der Waals surface area contributed by atoms with E-state index in [1.54, 1.807) is 0 Å². The molecule has 0 aliphatic rings. The van der Waals surface area contributed by atoms with Gasteiger partial charge in [0.05, 0.1) is 5.69 Å². The van der Waals surface area contributed by atoms with E-state index in [0.29, 0.717) is 5.13 Å². The largest absolute Gasteiger partial charge is 1.00 e. The van der Waals surface area contributed by atoms with Crippen molar-refractivity contribution >= 4 is 16.5 Å². The SMILES string of the molecule is Cc1cc(-c2csc(N)n2)c(C)n1CCC(C)C.[Cl-].